The second kappa shape index (κ2) is 10.5. The molecule has 0 atom stereocenters. The number of ether oxygens (including phenoxy) is 2. The van der Waals surface area contributed by atoms with E-state index >= 15 is 0 Å². The lowest BCUT2D eigenvalue weighted by molar-refractivity contribution is 0.311. The van der Waals surface area contributed by atoms with Crippen LogP contribution in [0, 0.1) is 0 Å². The summed E-state index contributed by atoms with van der Waals surface area (Å²) in [6.07, 6.45) is 1.46. The van der Waals surface area contributed by atoms with Crippen molar-refractivity contribution in [3.8, 4) is 34.3 Å². The molecule has 188 valence electrons. The Morgan fingerprint density at radius 1 is 0.973 bits per heavy atom. The Balaban J connectivity index is 1.39. The van der Waals surface area contributed by atoms with E-state index < -0.39 is 5.69 Å². The fourth-order valence-electron chi connectivity index (χ4n) is 4.22. The number of aromatic nitrogens is 4. The molecule has 5 rings (SSSR count). The minimum atomic E-state index is -0.449. The first kappa shape index (κ1) is 24.1. The number of hydrogen-bond acceptors (Lipinski definition) is 7. The molecule has 1 N–H and O–H groups in total. The number of fused-ring (bicyclic) bond motifs is 1. The third-order valence-electron chi connectivity index (χ3n) is 6.07. The number of rotatable bonds is 9. The monoisotopic (exact) mass is 498 g/mol. The van der Waals surface area contributed by atoms with Crippen LogP contribution in [0.4, 0.5) is 0 Å². The lowest BCUT2D eigenvalue weighted by atomic mass is 10.1. The second-order valence-corrected chi connectivity index (χ2v) is 8.46. The third-order valence-corrected chi connectivity index (χ3v) is 6.07. The van der Waals surface area contributed by atoms with E-state index in [-0.39, 0.29) is 11.4 Å². The number of aryl methyl sites for hydroxylation is 1. The smallest absolute Gasteiger partial charge is 0.328 e. The van der Waals surface area contributed by atoms with Crippen molar-refractivity contribution >= 4 is 10.9 Å². The van der Waals surface area contributed by atoms with Gasteiger partial charge in [-0.2, -0.15) is 4.98 Å². The summed E-state index contributed by atoms with van der Waals surface area (Å²) in [7, 11) is 1.57. The zero-order valence-electron chi connectivity index (χ0n) is 20.6. The highest BCUT2D eigenvalue weighted by molar-refractivity contribution is 5.82. The van der Waals surface area contributed by atoms with Crippen molar-refractivity contribution in [3.05, 3.63) is 93.1 Å². The highest BCUT2D eigenvalue weighted by Crippen LogP contribution is 2.32. The van der Waals surface area contributed by atoms with Crippen molar-refractivity contribution in [2.24, 2.45) is 0 Å². The van der Waals surface area contributed by atoms with Crippen LogP contribution in [0.3, 0.4) is 0 Å². The van der Waals surface area contributed by atoms with Gasteiger partial charge < -0.3 is 19.0 Å². The largest absolute Gasteiger partial charge is 0.493 e. The summed E-state index contributed by atoms with van der Waals surface area (Å²) in [6, 6.07) is 20.4. The fraction of sp³-hybridized carbons (Fsp3) is 0.214. The van der Waals surface area contributed by atoms with Crippen LogP contribution in [-0.4, -0.2) is 33.4 Å². The SMILES string of the molecule is CCOc1ccc(-c2noc(-c3ccc4c(=O)n(CCCc5ccccc5)c(=O)[nH]c4c3)n2)cc1OC. The van der Waals surface area contributed by atoms with Gasteiger partial charge in [0.05, 0.1) is 24.6 Å². The molecule has 5 aromatic rings. The van der Waals surface area contributed by atoms with Gasteiger partial charge in [0.15, 0.2) is 11.5 Å². The first-order valence-corrected chi connectivity index (χ1v) is 12.0. The maximum absolute atomic E-state index is 13.0. The molecule has 9 heteroatoms. The Labute approximate surface area is 212 Å². The predicted octanol–water partition coefficient (Wildman–Crippen LogP) is 4.45. The zero-order chi connectivity index (χ0) is 25.8. The Hall–Kier alpha value is -4.66. The molecule has 2 aromatic heterocycles. The minimum absolute atomic E-state index is 0.262. The Bertz CT molecular complexity index is 1650. The van der Waals surface area contributed by atoms with Crippen LogP contribution < -0.4 is 20.7 Å². The van der Waals surface area contributed by atoms with Crippen LogP contribution in [0.5, 0.6) is 11.5 Å². The molecule has 2 heterocycles. The van der Waals surface area contributed by atoms with Gasteiger partial charge >= 0.3 is 5.69 Å². The van der Waals surface area contributed by atoms with Crippen LogP contribution in [0.1, 0.15) is 18.9 Å². The normalized spacial score (nSPS) is 11.1. The molecule has 0 spiro atoms. The first-order chi connectivity index (χ1) is 18.1. The average Bonchev–Trinajstić information content (AvgIpc) is 3.42. The van der Waals surface area contributed by atoms with Gasteiger partial charge in [-0.05, 0) is 61.7 Å². The average molecular weight is 499 g/mol. The topological polar surface area (TPSA) is 112 Å². The molecule has 0 radical (unpaired) electrons. The van der Waals surface area contributed by atoms with Gasteiger partial charge in [-0.15, -0.1) is 0 Å². The lowest BCUT2D eigenvalue weighted by Gasteiger charge is -2.09. The molecule has 9 nitrogen and oxygen atoms in total. The summed E-state index contributed by atoms with van der Waals surface area (Å²) >= 11 is 0. The van der Waals surface area contributed by atoms with Crippen molar-refractivity contribution in [2.45, 2.75) is 26.3 Å². The van der Waals surface area contributed by atoms with Gasteiger partial charge in [0, 0.05) is 17.7 Å². The number of nitrogens with one attached hydrogen (secondary N) is 1. The molecule has 0 fully saturated rings. The predicted molar refractivity (Wildman–Crippen MR) is 140 cm³/mol. The van der Waals surface area contributed by atoms with E-state index in [1.807, 2.05) is 43.3 Å². The van der Waals surface area contributed by atoms with E-state index in [1.165, 1.54) is 10.1 Å². The third kappa shape index (κ3) is 5.02. The molecule has 0 unspecified atom stereocenters. The number of nitrogens with zero attached hydrogens (tertiary/aromatic N) is 3. The number of methoxy groups -OCH3 is 1. The summed E-state index contributed by atoms with van der Waals surface area (Å²) in [5.41, 5.74) is 2.08. The summed E-state index contributed by atoms with van der Waals surface area (Å²) in [5.74, 6) is 1.83. The fourth-order valence-corrected chi connectivity index (χ4v) is 4.22. The highest BCUT2D eigenvalue weighted by atomic mass is 16.5. The van der Waals surface area contributed by atoms with Gasteiger partial charge in [-0.1, -0.05) is 35.5 Å². The molecule has 0 aliphatic heterocycles. The van der Waals surface area contributed by atoms with E-state index in [4.69, 9.17) is 14.0 Å². The van der Waals surface area contributed by atoms with Crippen molar-refractivity contribution in [2.75, 3.05) is 13.7 Å². The van der Waals surface area contributed by atoms with E-state index in [0.717, 1.165) is 6.42 Å². The summed E-state index contributed by atoms with van der Waals surface area (Å²) < 4.78 is 17.7. The number of aromatic amines is 1. The van der Waals surface area contributed by atoms with Gasteiger partial charge in [-0.3, -0.25) is 9.36 Å². The van der Waals surface area contributed by atoms with Gasteiger partial charge in [0.25, 0.3) is 11.4 Å². The molecule has 0 saturated heterocycles. The van der Waals surface area contributed by atoms with Crippen LogP contribution in [0.2, 0.25) is 0 Å². The maximum Gasteiger partial charge on any atom is 0.328 e. The summed E-state index contributed by atoms with van der Waals surface area (Å²) in [5, 5.41) is 4.50. The molecular weight excluding hydrogens is 472 g/mol. The van der Waals surface area contributed by atoms with Gasteiger partial charge in [0.1, 0.15) is 0 Å². The lowest BCUT2D eigenvalue weighted by Crippen LogP contribution is -2.35. The Morgan fingerprint density at radius 3 is 2.57 bits per heavy atom. The van der Waals surface area contributed by atoms with Crippen LogP contribution >= 0.6 is 0 Å². The standard InChI is InChI=1S/C28H26N4O5/c1-3-36-23-14-12-19(17-24(23)35-2)25-30-26(37-31-25)20-11-13-21-22(16-20)29-28(34)32(27(21)33)15-7-10-18-8-5-4-6-9-18/h4-6,8-9,11-14,16-17H,3,7,10,15H2,1-2H3,(H,29,34). The minimum Gasteiger partial charge on any atom is -0.493 e. The molecule has 3 aromatic carbocycles. The summed E-state index contributed by atoms with van der Waals surface area (Å²) in [6.45, 7) is 2.75. The van der Waals surface area contributed by atoms with E-state index in [9.17, 15) is 9.59 Å². The number of benzene rings is 3. The molecule has 37 heavy (non-hydrogen) atoms. The quantitative estimate of drug-likeness (QED) is 0.320. The van der Waals surface area contributed by atoms with Crippen molar-refractivity contribution in [3.63, 3.8) is 0 Å². The zero-order valence-corrected chi connectivity index (χ0v) is 20.6. The maximum atomic E-state index is 13.0. The second-order valence-electron chi connectivity index (χ2n) is 8.46. The summed E-state index contributed by atoms with van der Waals surface area (Å²) in [4.78, 5) is 33.0. The van der Waals surface area contributed by atoms with Crippen molar-refractivity contribution < 1.29 is 14.0 Å². The molecule has 0 aliphatic carbocycles. The van der Waals surface area contributed by atoms with Crippen LogP contribution in [-0.2, 0) is 13.0 Å². The molecular formula is C28H26N4O5. The number of H-pyrrole nitrogens is 1. The van der Waals surface area contributed by atoms with Crippen molar-refractivity contribution in [1.82, 2.24) is 19.7 Å². The highest BCUT2D eigenvalue weighted by Gasteiger charge is 2.15. The van der Waals surface area contributed by atoms with E-state index in [0.29, 0.717) is 58.9 Å². The Kier molecular flexibility index (Phi) is 6.85. The first-order valence-electron chi connectivity index (χ1n) is 12.0. The molecule has 0 aliphatic rings. The van der Waals surface area contributed by atoms with E-state index in [1.54, 1.807) is 37.4 Å². The van der Waals surface area contributed by atoms with Crippen LogP contribution in [0.25, 0.3) is 33.7 Å². The van der Waals surface area contributed by atoms with Crippen molar-refractivity contribution in [1.29, 1.82) is 0 Å². The number of hydrogen-bond donors (Lipinski definition) is 1. The van der Waals surface area contributed by atoms with E-state index in [2.05, 4.69) is 15.1 Å². The van der Waals surface area contributed by atoms with Gasteiger partial charge in [0.2, 0.25) is 5.82 Å². The molecule has 0 saturated carbocycles. The van der Waals surface area contributed by atoms with Gasteiger partial charge in [-0.25, -0.2) is 4.79 Å². The molecule has 0 amide bonds. The molecule has 0 bridgehead atoms. The van der Waals surface area contributed by atoms with Crippen LogP contribution in [0.15, 0.2) is 80.8 Å². The Morgan fingerprint density at radius 2 is 1.78 bits per heavy atom.